The maximum absolute atomic E-state index is 12.8. The molecule has 1 aliphatic heterocycles. The first-order valence-electron chi connectivity index (χ1n) is 12.0. The van der Waals surface area contributed by atoms with E-state index in [-0.39, 0.29) is 17.7 Å². The van der Waals surface area contributed by atoms with E-state index in [0.29, 0.717) is 18.7 Å². The molecule has 6 nitrogen and oxygen atoms in total. The zero-order valence-corrected chi connectivity index (χ0v) is 19.7. The molecule has 2 aromatic carbocycles. The average molecular weight is 457 g/mol. The summed E-state index contributed by atoms with van der Waals surface area (Å²) in [5.74, 6) is 0.824. The summed E-state index contributed by atoms with van der Waals surface area (Å²) < 4.78 is 0. The minimum Gasteiger partial charge on any atom is -0.355 e. The third kappa shape index (κ3) is 6.01. The summed E-state index contributed by atoms with van der Waals surface area (Å²) in [5.41, 5.74) is 2.76. The number of hydrogen-bond donors (Lipinski definition) is 1. The van der Waals surface area contributed by atoms with Gasteiger partial charge < -0.3 is 15.1 Å². The second-order valence-corrected chi connectivity index (χ2v) is 8.65. The van der Waals surface area contributed by atoms with Gasteiger partial charge >= 0.3 is 0 Å². The van der Waals surface area contributed by atoms with Crippen LogP contribution in [0.25, 0.3) is 0 Å². The van der Waals surface area contributed by atoms with E-state index >= 15 is 0 Å². The number of nitrogens with one attached hydrogen (secondary N) is 1. The Kier molecular flexibility index (Phi) is 7.91. The van der Waals surface area contributed by atoms with Gasteiger partial charge in [-0.1, -0.05) is 67.6 Å². The van der Waals surface area contributed by atoms with Crippen LogP contribution in [0.4, 0.5) is 11.5 Å². The zero-order valence-electron chi connectivity index (χ0n) is 19.7. The van der Waals surface area contributed by atoms with Crippen molar-refractivity contribution in [3.63, 3.8) is 0 Å². The van der Waals surface area contributed by atoms with Crippen LogP contribution in [0.1, 0.15) is 36.8 Å². The monoisotopic (exact) mass is 456 g/mol. The van der Waals surface area contributed by atoms with Crippen molar-refractivity contribution in [2.24, 2.45) is 0 Å². The molecule has 3 aromatic rings. The Hall–Kier alpha value is -3.67. The Morgan fingerprint density at radius 1 is 0.912 bits per heavy atom. The molecule has 2 amide bonds. The van der Waals surface area contributed by atoms with Gasteiger partial charge in [0, 0.05) is 26.2 Å². The van der Waals surface area contributed by atoms with E-state index in [2.05, 4.69) is 15.2 Å². The Morgan fingerprint density at radius 2 is 1.65 bits per heavy atom. The van der Waals surface area contributed by atoms with E-state index in [1.807, 2.05) is 84.6 Å². The molecule has 4 rings (SSSR count). The smallest absolute Gasteiger partial charge is 0.231 e. The molecule has 2 heterocycles. The summed E-state index contributed by atoms with van der Waals surface area (Å²) in [6, 6.07) is 23.6. The Morgan fingerprint density at radius 3 is 2.32 bits per heavy atom. The van der Waals surface area contributed by atoms with Gasteiger partial charge in [-0.05, 0) is 36.1 Å². The van der Waals surface area contributed by atoms with E-state index < -0.39 is 0 Å². The SMILES string of the molecule is CC[C@@H](C(=O)Nc1ccc(N2CCCN(C(=O)Cc3ccccc3)CC2)nc1)c1ccccc1. The van der Waals surface area contributed by atoms with Gasteiger partial charge in [0.15, 0.2) is 0 Å². The van der Waals surface area contributed by atoms with Gasteiger partial charge in [-0.25, -0.2) is 4.98 Å². The van der Waals surface area contributed by atoms with E-state index in [1.165, 1.54) is 0 Å². The number of benzene rings is 2. The van der Waals surface area contributed by atoms with Crippen LogP contribution in [0.15, 0.2) is 79.0 Å². The number of pyridine rings is 1. The maximum Gasteiger partial charge on any atom is 0.231 e. The number of amides is 2. The Bertz CT molecular complexity index is 1070. The largest absolute Gasteiger partial charge is 0.355 e. The topological polar surface area (TPSA) is 65.5 Å². The number of aromatic nitrogens is 1. The third-order valence-electron chi connectivity index (χ3n) is 6.31. The quantitative estimate of drug-likeness (QED) is 0.569. The molecular formula is C28H32N4O2. The fourth-order valence-corrected chi connectivity index (χ4v) is 4.41. The van der Waals surface area contributed by atoms with Crippen LogP contribution in [0.2, 0.25) is 0 Å². The standard InChI is InChI=1S/C28H32N4O2/c1-2-25(23-12-7-4-8-13-23)28(34)30-24-14-15-26(29-21-24)31-16-9-17-32(19-18-31)27(33)20-22-10-5-3-6-11-22/h3-8,10-15,21,25H,2,9,16-20H2,1H3,(H,30,34)/t25-/m1/s1. The van der Waals surface area contributed by atoms with E-state index in [9.17, 15) is 9.59 Å². The highest BCUT2D eigenvalue weighted by Gasteiger charge is 2.21. The van der Waals surface area contributed by atoms with Gasteiger partial charge in [0.1, 0.15) is 5.82 Å². The molecule has 6 heteroatoms. The van der Waals surface area contributed by atoms with Crippen molar-refractivity contribution in [3.8, 4) is 0 Å². The molecule has 1 atom stereocenters. The van der Waals surface area contributed by atoms with Crippen LogP contribution >= 0.6 is 0 Å². The van der Waals surface area contributed by atoms with Crippen molar-refractivity contribution < 1.29 is 9.59 Å². The molecule has 0 aliphatic carbocycles. The highest BCUT2D eigenvalue weighted by atomic mass is 16.2. The lowest BCUT2D eigenvalue weighted by atomic mass is 9.95. The van der Waals surface area contributed by atoms with Gasteiger partial charge in [-0.2, -0.15) is 0 Å². The highest BCUT2D eigenvalue weighted by molar-refractivity contribution is 5.95. The summed E-state index contributed by atoms with van der Waals surface area (Å²) in [4.78, 5) is 34.3. The average Bonchev–Trinajstić information content (AvgIpc) is 3.13. The van der Waals surface area contributed by atoms with Crippen molar-refractivity contribution in [2.75, 3.05) is 36.4 Å². The van der Waals surface area contributed by atoms with Crippen molar-refractivity contribution in [3.05, 3.63) is 90.1 Å². The first-order valence-corrected chi connectivity index (χ1v) is 12.0. The predicted octanol–water partition coefficient (Wildman–Crippen LogP) is 4.50. The van der Waals surface area contributed by atoms with Crippen molar-refractivity contribution >= 4 is 23.3 Å². The Labute approximate surface area is 201 Å². The summed E-state index contributed by atoms with van der Waals surface area (Å²) in [5, 5.41) is 3.01. The van der Waals surface area contributed by atoms with Gasteiger partial charge in [-0.15, -0.1) is 0 Å². The summed E-state index contributed by atoms with van der Waals surface area (Å²) in [7, 11) is 0. The van der Waals surface area contributed by atoms with E-state index in [0.717, 1.165) is 49.4 Å². The molecule has 34 heavy (non-hydrogen) atoms. The lowest BCUT2D eigenvalue weighted by Gasteiger charge is -2.23. The van der Waals surface area contributed by atoms with Crippen LogP contribution in [0.5, 0.6) is 0 Å². The fraction of sp³-hybridized carbons (Fsp3) is 0.321. The normalized spacial score (nSPS) is 14.9. The van der Waals surface area contributed by atoms with Crippen LogP contribution in [-0.2, 0) is 16.0 Å². The summed E-state index contributed by atoms with van der Waals surface area (Å²) in [6.45, 7) is 5.05. The van der Waals surface area contributed by atoms with Crippen LogP contribution < -0.4 is 10.2 Å². The Balaban J connectivity index is 1.33. The second kappa shape index (κ2) is 11.5. The molecule has 1 aromatic heterocycles. The molecule has 0 unspecified atom stereocenters. The van der Waals surface area contributed by atoms with Gasteiger partial charge in [-0.3, -0.25) is 9.59 Å². The van der Waals surface area contributed by atoms with Gasteiger partial charge in [0.2, 0.25) is 11.8 Å². The second-order valence-electron chi connectivity index (χ2n) is 8.65. The number of carbonyl (C=O) groups excluding carboxylic acids is 2. The van der Waals surface area contributed by atoms with Gasteiger partial charge in [0.05, 0.1) is 24.2 Å². The number of anilines is 2. The molecule has 176 valence electrons. The molecule has 1 aliphatic rings. The molecule has 0 bridgehead atoms. The number of nitrogens with zero attached hydrogens (tertiary/aromatic N) is 3. The molecule has 1 fully saturated rings. The summed E-state index contributed by atoms with van der Waals surface area (Å²) >= 11 is 0. The lowest BCUT2D eigenvalue weighted by Crippen LogP contribution is -2.36. The molecule has 0 radical (unpaired) electrons. The molecule has 0 spiro atoms. The minimum absolute atomic E-state index is 0.0226. The zero-order chi connectivity index (χ0) is 23.8. The first-order chi connectivity index (χ1) is 16.6. The van der Waals surface area contributed by atoms with Crippen molar-refractivity contribution in [1.82, 2.24) is 9.88 Å². The minimum atomic E-state index is -0.189. The number of rotatable bonds is 7. The highest BCUT2D eigenvalue weighted by Crippen LogP contribution is 2.22. The molecular weight excluding hydrogens is 424 g/mol. The van der Waals surface area contributed by atoms with Crippen molar-refractivity contribution in [2.45, 2.75) is 32.1 Å². The summed E-state index contributed by atoms with van der Waals surface area (Å²) in [6.07, 6.45) is 3.79. The van der Waals surface area contributed by atoms with E-state index in [1.54, 1.807) is 6.20 Å². The van der Waals surface area contributed by atoms with Crippen LogP contribution in [-0.4, -0.2) is 47.9 Å². The molecule has 1 N–H and O–H groups in total. The fourth-order valence-electron chi connectivity index (χ4n) is 4.41. The predicted molar refractivity (Wildman–Crippen MR) is 136 cm³/mol. The lowest BCUT2D eigenvalue weighted by molar-refractivity contribution is -0.130. The number of hydrogen-bond acceptors (Lipinski definition) is 4. The van der Waals surface area contributed by atoms with Crippen LogP contribution in [0, 0.1) is 0 Å². The van der Waals surface area contributed by atoms with Crippen LogP contribution in [0.3, 0.4) is 0 Å². The molecule has 1 saturated heterocycles. The number of carbonyl (C=O) groups is 2. The van der Waals surface area contributed by atoms with Crippen molar-refractivity contribution in [1.29, 1.82) is 0 Å². The maximum atomic E-state index is 12.8. The third-order valence-corrected chi connectivity index (χ3v) is 6.31. The molecule has 0 saturated carbocycles. The van der Waals surface area contributed by atoms with E-state index in [4.69, 9.17) is 0 Å². The van der Waals surface area contributed by atoms with Gasteiger partial charge in [0.25, 0.3) is 0 Å². The first kappa shape index (κ1) is 23.5.